The Morgan fingerprint density at radius 3 is 2.37 bits per heavy atom. The van der Waals surface area contributed by atoms with E-state index in [1.54, 1.807) is 6.92 Å². The largest absolute Gasteiger partial charge is 0.387 e. The topological polar surface area (TPSA) is 283 Å². The number of hydrogen-bond donors (Lipinski definition) is 8. The molecule has 0 saturated carbocycles. The molecule has 20 nitrogen and oxygen atoms in total. The number of nitrogen functional groups attached to an aromatic ring is 2. The molecule has 2 fully saturated rings. The van der Waals surface area contributed by atoms with Gasteiger partial charge in [-0.15, -0.1) is 12.3 Å². The van der Waals surface area contributed by atoms with Gasteiger partial charge in [0.05, 0.1) is 12.9 Å². The molecule has 0 aromatic carbocycles. The van der Waals surface area contributed by atoms with Gasteiger partial charge in [0.15, 0.2) is 46.7 Å². The zero-order chi connectivity index (χ0) is 36.2. The minimum atomic E-state index is -1.43. The van der Waals surface area contributed by atoms with Gasteiger partial charge < -0.3 is 52.0 Å². The number of fused-ring (bicyclic) bond motifs is 2. The van der Waals surface area contributed by atoms with E-state index >= 15 is 0 Å². The highest BCUT2D eigenvalue weighted by Crippen LogP contribution is 2.34. The number of nitrogens with zero attached hydrogens (tertiary/aromatic N) is 9. The summed E-state index contributed by atoms with van der Waals surface area (Å²) in [5.41, 5.74) is 13.1. The first-order chi connectivity index (χ1) is 24.6. The number of hydrogen-bond acceptors (Lipinski definition) is 16. The second-order valence-corrected chi connectivity index (χ2v) is 12.0. The van der Waals surface area contributed by atoms with Gasteiger partial charge in [-0.2, -0.15) is 0 Å². The highest BCUT2D eigenvalue weighted by atomic mass is 16.6. The predicted octanol–water partition coefficient (Wildman–Crippen LogP) is -2.54. The van der Waals surface area contributed by atoms with Gasteiger partial charge in [-0.05, 0) is 19.3 Å². The van der Waals surface area contributed by atoms with Crippen molar-refractivity contribution in [3.05, 3.63) is 24.8 Å². The number of aliphatic hydroxyl groups excluding tert-OH is 4. The van der Waals surface area contributed by atoms with Crippen LogP contribution in [0.1, 0.15) is 38.0 Å². The fraction of sp³-hybridized carbons (Fsp3) is 0.516. The summed E-state index contributed by atoms with van der Waals surface area (Å²) in [4.78, 5) is 39.1. The van der Waals surface area contributed by atoms with Crippen molar-refractivity contribution in [2.75, 3.05) is 44.2 Å². The van der Waals surface area contributed by atoms with Crippen molar-refractivity contribution in [2.24, 2.45) is 0 Å². The lowest BCUT2D eigenvalue weighted by Crippen LogP contribution is -2.43. The minimum Gasteiger partial charge on any atom is -0.387 e. The lowest BCUT2D eigenvalue weighted by Gasteiger charge is -2.24. The van der Waals surface area contributed by atoms with E-state index < -0.39 is 55.1 Å². The molecule has 2 amide bonds. The number of aromatic nitrogens is 8. The maximum absolute atomic E-state index is 11.9. The van der Waals surface area contributed by atoms with Crippen molar-refractivity contribution in [1.29, 1.82) is 0 Å². The van der Waals surface area contributed by atoms with Gasteiger partial charge >= 0.3 is 6.03 Å². The third-order valence-electron chi connectivity index (χ3n) is 8.63. The summed E-state index contributed by atoms with van der Waals surface area (Å²) in [6.07, 6.45) is 1.21. The highest BCUT2D eigenvalue weighted by Gasteiger charge is 2.46. The molecule has 0 aliphatic carbocycles. The van der Waals surface area contributed by atoms with Crippen LogP contribution in [0.5, 0.6) is 0 Å². The van der Waals surface area contributed by atoms with Crippen LogP contribution < -0.4 is 22.1 Å². The Morgan fingerprint density at radius 2 is 1.63 bits per heavy atom. The molecule has 2 saturated heterocycles. The van der Waals surface area contributed by atoms with E-state index in [1.165, 1.54) is 28.1 Å². The quantitative estimate of drug-likeness (QED) is 0.0589. The summed E-state index contributed by atoms with van der Waals surface area (Å²) in [5, 5.41) is 49.0. The van der Waals surface area contributed by atoms with Crippen LogP contribution in [0, 0.1) is 24.2 Å². The van der Waals surface area contributed by atoms with Crippen molar-refractivity contribution in [3.63, 3.8) is 0 Å². The van der Waals surface area contributed by atoms with Gasteiger partial charge in [-0.1, -0.05) is 5.92 Å². The number of imidazole rings is 2. The van der Waals surface area contributed by atoms with E-state index in [1.807, 2.05) is 4.90 Å². The lowest BCUT2D eigenvalue weighted by molar-refractivity contribution is -0.0431. The van der Waals surface area contributed by atoms with Crippen molar-refractivity contribution in [3.8, 4) is 24.2 Å². The minimum absolute atomic E-state index is 0.0699. The van der Waals surface area contributed by atoms with Gasteiger partial charge in [-0.3, -0.25) is 14.0 Å². The van der Waals surface area contributed by atoms with Crippen LogP contribution in [0.25, 0.3) is 22.3 Å². The summed E-state index contributed by atoms with van der Waals surface area (Å²) in [5.74, 6) is 9.05. The van der Waals surface area contributed by atoms with Crippen molar-refractivity contribution < 1.29 is 34.7 Å². The first-order valence-electron chi connectivity index (χ1n) is 16.2. The Kier molecular flexibility index (Phi) is 10.7. The zero-order valence-electron chi connectivity index (χ0n) is 27.6. The summed E-state index contributed by atoms with van der Waals surface area (Å²) >= 11 is 0. The van der Waals surface area contributed by atoms with Crippen LogP contribution in [-0.4, -0.2) is 140 Å². The summed E-state index contributed by atoms with van der Waals surface area (Å²) in [6, 6.07) is -0.450. The summed E-state index contributed by atoms with van der Waals surface area (Å²) < 4.78 is 15.1. The van der Waals surface area contributed by atoms with Crippen LogP contribution >= 0.6 is 0 Å². The van der Waals surface area contributed by atoms with Crippen molar-refractivity contribution in [2.45, 2.75) is 68.8 Å². The van der Waals surface area contributed by atoms with Gasteiger partial charge in [0, 0.05) is 32.6 Å². The van der Waals surface area contributed by atoms with Crippen LogP contribution in [0.3, 0.4) is 0 Å². The normalized spacial score (nSPS) is 26.0. The molecule has 6 rings (SSSR count). The first-order valence-corrected chi connectivity index (χ1v) is 16.2. The van der Waals surface area contributed by atoms with Crippen molar-refractivity contribution >= 4 is 40.0 Å². The SMILES string of the molecule is C#CCCCN(CC#Cc1nc2c(N)ncnc2n1[C@@H]1O[C@H](CNC(=O)NCC)[C@@H](O)[C@H]1O)C[C@H]1O[C@@H](n2cnc3c(N)ncnc32)[C@H](O)[C@@H]1O. The molecule has 4 aromatic heterocycles. The smallest absolute Gasteiger partial charge is 0.314 e. The van der Waals surface area contributed by atoms with Gasteiger partial charge in [0.2, 0.25) is 0 Å². The average molecular weight is 706 g/mol. The van der Waals surface area contributed by atoms with E-state index in [9.17, 15) is 25.2 Å². The molecule has 51 heavy (non-hydrogen) atoms. The van der Waals surface area contributed by atoms with E-state index in [0.29, 0.717) is 37.1 Å². The molecule has 270 valence electrons. The van der Waals surface area contributed by atoms with E-state index in [0.717, 1.165) is 0 Å². The number of aliphatic hydroxyl groups is 4. The van der Waals surface area contributed by atoms with Crippen LogP contribution in [0.15, 0.2) is 19.0 Å². The third kappa shape index (κ3) is 7.20. The number of unbranched alkanes of at least 4 members (excludes halogenated alkanes) is 1. The Bertz CT molecular complexity index is 1970. The number of urea groups is 1. The van der Waals surface area contributed by atoms with Gasteiger partial charge in [-0.25, -0.2) is 34.7 Å². The molecule has 20 heteroatoms. The van der Waals surface area contributed by atoms with Crippen LogP contribution in [0.4, 0.5) is 16.4 Å². The fourth-order valence-electron chi connectivity index (χ4n) is 6.07. The molecular formula is C31H39N13O7. The van der Waals surface area contributed by atoms with Crippen LogP contribution in [-0.2, 0) is 9.47 Å². The number of carbonyl (C=O) groups is 1. The Labute approximate surface area is 291 Å². The highest BCUT2D eigenvalue weighted by molar-refractivity contribution is 5.83. The molecule has 0 bridgehead atoms. The van der Waals surface area contributed by atoms with Crippen molar-refractivity contribution in [1.82, 2.24) is 54.6 Å². The number of carbonyl (C=O) groups excluding carboxylic acids is 1. The Hall–Kier alpha value is -5.19. The molecule has 2 aliphatic rings. The van der Waals surface area contributed by atoms with Gasteiger partial charge in [0.25, 0.3) is 0 Å². The Balaban J connectivity index is 1.22. The monoisotopic (exact) mass is 705 g/mol. The standard InChI is InChI=1S/C31H39N13O7/c1-3-5-6-9-42(12-17-22(46)23(47)29(51-17)43-15-40-19-25(32)36-13-38-27(19)43)10-7-8-18-41-20-26(33)37-14-39-28(20)44(18)30-24(48)21(45)16(50-30)11-35-31(49)34-4-2/h1,13-17,21-24,29-30,45-48H,4-6,9-12H2,2H3,(H2,32,36,38)(H2,33,37,39)(H2,34,35,49)/t16-,17-,21-,22-,23-,24-,29-,30-/m1/s1. The maximum Gasteiger partial charge on any atom is 0.314 e. The van der Waals surface area contributed by atoms with Crippen LogP contribution in [0.2, 0.25) is 0 Å². The third-order valence-corrected chi connectivity index (χ3v) is 8.63. The molecule has 6 heterocycles. The first kappa shape index (κ1) is 35.6. The number of nitrogens with one attached hydrogen (secondary N) is 2. The number of rotatable bonds is 11. The number of terminal acetylenes is 1. The number of nitrogens with two attached hydrogens (primary N) is 2. The second-order valence-electron chi connectivity index (χ2n) is 12.0. The number of anilines is 2. The molecular weight excluding hydrogens is 666 g/mol. The molecule has 4 aromatic rings. The van der Waals surface area contributed by atoms with E-state index in [4.69, 9.17) is 27.4 Å². The molecule has 8 atom stereocenters. The fourth-order valence-corrected chi connectivity index (χ4v) is 6.07. The summed E-state index contributed by atoms with van der Waals surface area (Å²) in [7, 11) is 0. The lowest BCUT2D eigenvalue weighted by atomic mass is 10.1. The predicted molar refractivity (Wildman–Crippen MR) is 180 cm³/mol. The summed E-state index contributed by atoms with van der Waals surface area (Å²) in [6.45, 7) is 2.89. The second kappa shape index (κ2) is 15.4. The zero-order valence-corrected chi connectivity index (χ0v) is 27.6. The van der Waals surface area contributed by atoms with E-state index in [-0.39, 0.29) is 48.3 Å². The Morgan fingerprint density at radius 1 is 0.941 bits per heavy atom. The van der Waals surface area contributed by atoms with Gasteiger partial charge in [0.1, 0.15) is 54.8 Å². The molecule has 0 unspecified atom stereocenters. The maximum atomic E-state index is 11.9. The number of ether oxygens (including phenoxy) is 2. The molecule has 10 N–H and O–H groups in total. The average Bonchev–Trinajstić information content (AvgIpc) is 3.85. The number of amides is 2. The molecule has 0 radical (unpaired) electrons. The molecule has 0 spiro atoms. The van der Waals surface area contributed by atoms with E-state index in [2.05, 4.69) is 58.3 Å². The molecule has 2 aliphatic heterocycles.